The Bertz CT molecular complexity index is 867. The van der Waals surface area contributed by atoms with Gasteiger partial charge in [-0.15, -0.1) is 0 Å². The first-order chi connectivity index (χ1) is 12.1. The maximum atomic E-state index is 12.6. The average molecular weight is 339 g/mol. The zero-order valence-electron chi connectivity index (χ0n) is 13.6. The molecule has 0 aliphatic carbocycles. The number of para-hydroxylation sites is 1. The van der Waals surface area contributed by atoms with E-state index in [2.05, 4.69) is 15.4 Å². The standard InChI is InChI=1S/C18H17N3O4/c1-25-15-9-10(5-6-14(15)22)17-19-18(23)12-4-2-3-11-13(20-24)7-8-21(17)16(11)12/h2-6,9,13,17,22H,7-8H2,1H3,(H,19,23). The third-order valence-electron chi connectivity index (χ3n) is 4.83. The third-order valence-corrected chi connectivity index (χ3v) is 4.83. The van der Waals surface area contributed by atoms with Crippen molar-refractivity contribution in [1.82, 2.24) is 5.32 Å². The van der Waals surface area contributed by atoms with Crippen molar-refractivity contribution in [3.05, 3.63) is 58.0 Å². The molecule has 25 heavy (non-hydrogen) atoms. The molecule has 0 saturated heterocycles. The fourth-order valence-electron chi connectivity index (χ4n) is 3.64. The smallest absolute Gasteiger partial charge is 0.255 e. The van der Waals surface area contributed by atoms with E-state index in [1.54, 1.807) is 30.3 Å². The number of amides is 1. The number of rotatable bonds is 3. The van der Waals surface area contributed by atoms with Crippen molar-refractivity contribution in [2.75, 3.05) is 18.6 Å². The summed E-state index contributed by atoms with van der Waals surface area (Å²) in [5.74, 6) is 0.185. The van der Waals surface area contributed by atoms with Gasteiger partial charge < -0.3 is 20.1 Å². The molecule has 0 fully saturated rings. The quantitative estimate of drug-likeness (QED) is 0.839. The van der Waals surface area contributed by atoms with Crippen LogP contribution in [0.1, 0.15) is 40.1 Å². The van der Waals surface area contributed by atoms with Gasteiger partial charge in [0, 0.05) is 12.1 Å². The number of methoxy groups -OCH3 is 1. The zero-order valence-corrected chi connectivity index (χ0v) is 13.6. The Morgan fingerprint density at radius 3 is 2.92 bits per heavy atom. The number of benzene rings is 2. The van der Waals surface area contributed by atoms with Crippen molar-refractivity contribution >= 4 is 11.6 Å². The number of aromatic hydroxyl groups is 1. The van der Waals surface area contributed by atoms with E-state index < -0.39 is 12.2 Å². The molecule has 2 heterocycles. The normalized spacial score (nSPS) is 21.3. The molecule has 2 unspecified atom stereocenters. The minimum Gasteiger partial charge on any atom is -0.504 e. The van der Waals surface area contributed by atoms with Gasteiger partial charge in [-0.2, -0.15) is 4.91 Å². The van der Waals surface area contributed by atoms with Gasteiger partial charge in [-0.05, 0) is 30.2 Å². The van der Waals surface area contributed by atoms with Gasteiger partial charge in [-0.1, -0.05) is 23.4 Å². The Morgan fingerprint density at radius 1 is 1.32 bits per heavy atom. The molecule has 7 nitrogen and oxygen atoms in total. The lowest BCUT2D eigenvalue weighted by molar-refractivity contribution is 0.0925. The molecule has 2 atom stereocenters. The first kappa shape index (κ1) is 15.4. The van der Waals surface area contributed by atoms with Crippen LogP contribution in [0.15, 0.2) is 41.6 Å². The molecule has 2 aromatic rings. The van der Waals surface area contributed by atoms with Gasteiger partial charge in [-0.3, -0.25) is 4.79 Å². The van der Waals surface area contributed by atoms with Crippen LogP contribution in [0.25, 0.3) is 0 Å². The number of carbonyl (C=O) groups excluding carboxylic acids is 1. The molecule has 2 N–H and O–H groups in total. The molecule has 2 aliphatic rings. The summed E-state index contributed by atoms with van der Waals surface area (Å²) in [6.45, 7) is 0.592. The predicted molar refractivity (Wildman–Crippen MR) is 91.8 cm³/mol. The van der Waals surface area contributed by atoms with Gasteiger partial charge in [0.2, 0.25) is 0 Å². The lowest BCUT2D eigenvalue weighted by atomic mass is 9.90. The fraction of sp³-hybridized carbons (Fsp3) is 0.278. The Labute approximate surface area is 144 Å². The number of nitrogens with one attached hydrogen (secondary N) is 1. The minimum absolute atomic E-state index is 0.0401. The highest BCUT2D eigenvalue weighted by atomic mass is 16.5. The Balaban J connectivity index is 1.84. The molecule has 0 bridgehead atoms. The van der Waals surface area contributed by atoms with E-state index in [0.29, 0.717) is 24.3 Å². The van der Waals surface area contributed by atoms with E-state index >= 15 is 0 Å². The Kier molecular flexibility index (Phi) is 3.56. The van der Waals surface area contributed by atoms with E-state index in [1.165, 1.54) is 7.11 Å². The van der Waals surface area contributed by atoms with E-state index in [4.69, 9.17) is 4.74 Å². The molecule has 2 aliphatic heterocycles. The first-order valence-corrected chi connectivity index (χ1v) is 8.04. The second kappa shape index (κ2) is 5.77. The Morgan fingerprint density at radius 2 is 2.16 bits per heavy atom. The number of nitroso groups, excluding NO2 is 1. The van der Waals surface area contributed by atoms with Crippen molar-refractivity contribution in [1.29, 1.82) is 0 Å². The molecule has 0 radical (unpaired) electrons. The summed E-state index contributed by atoms with van der Waals surface area (Å²) in [6, 6.07) is 9.94. The Hall–Kier alpha value is -3.09. The van der Waals surface area contributed by atoms with E-state index in [-0.39, 0.29) is 11.7 Å². The summed E-state index contributed by atoms with van der Waals surface area (Å²) in [7, 11) is 1.48. The number of hydrogen-bond donors (Lipinski definition) is 2. The molecular weight excluding hydrogens is 322 g/mol. The van der Waals surface area contributed by atoms with Crippen molar-refractivity contribution in [2.45, 2.75) is 18.6 Å². The van der Waals surface area contributed by atoms with Gasteiger partial charge in [0.1, 0.15) is 12.2 Å². The molecule has 7 heteroatoms. The number of carbonyl (C=O) groups is 1. The lowest BCUT2D eigenvalue weighted by Gasteiger charge is -2.43. The highest BCUT2D eigenvalue weighted by molar-refractivity contribution is 6.03. The number of anilines is 1. The monoisotopic (exact) mass is 339 g/mol. The molecular formula is C18H17N3O4. The number of phenols is 1. The molecule has 0 saturated carbocycles. The first-order valence-electron chi connectivity index (χ1n) is 8.04. The molecule has 1 amide bonds. The van der Waals surface area contributed by atoms with Crippen LogP contribution in [-0.4, -0.2) is 24.7 Å². The summed E-state index contributed by atoms with van der Waals surface area (Å²) >= 11 is 0. The van der Waals surface area contributed by atoms with Crippen molar-refractivity contribution in [2.24, 2.45) is 5.18 Å². The predicted octanol–water partition coefficient (Wildman–Crippen LogP) is 2.86. The summed E-state index contributed by atoms with van der Waals surface area (Å²) in [5, 5.41) is 16.0. The van der Waals surface area contributed by atoms with Crippen molar-refractivity contribution < 1.29 is 14.6 Å². The van der Waals surface area contributed by atoms with Crippen molar-refractivity contribution in [3.8, 4) is 11.5 Å². The van der Waals surface area contributed by atoms with Crippen LogP contribution in [0.4, 0.5) is 5.69 Å². The van der Waals surface area contributed by atoms with E-state index in [9.17, 15) is 14.8 Å². The largest absolute Gasteiger partial charge is 0.504 e. The highest BCUT2D eigenvalue weighted by Gasteiger charge is 2.38. The number of hydrogen-bond acceptors (Lipinski definition) is 6. The maximum Gasteiger partial charge on any atom is 0.255 e. The topological polar surface area (TPSA) is 91.2 Å². The second-order valence-electron chi connectivity index (χ2n) is 6.15. The van der Waals surface area contributed by atoms with Crippen LogP contribution in [0, 0.1) is 4.91 Å². The number of phenolic OH excluding ortho intramolecular Hbond substituents is 1. The van der Waals surface area contributed by atoms with Crippen LogP contribution < -0.4 is 15.0 Å². The van der Waals surface area contributed by atoms with Gasteiger partial charge >= 0.3 is 0 Å². The zero-order chi connectivity index (χ0) is 17.6. The van der Waals surface area contributed by atoms with Crippen LogP contribution in [0.3, 0.4) is 0 Å². The SMILES string of the molecule is COc1cc(C2NC(=O)c3cccc4c3N2CCC4N=O)ccc1O. The molecule has 0 spiro atoms. The van der Waals surface area contributed by atoms with E-state index in [1.807, 2.05) is 6.07 Å². The minimum atomic E-state index is -0.438. The molecule has 128 valence electrons. The highest BCUT2D eigenvalue weighted by Crippen LogP contribution is 2.44. The summed E-state index contributed by atoms with van der Waals surface area (Å²) < 4.78 is 5.18. The van der Waals surface area contributed by atoms with E-state index in [0.717, 1.165) is 16.8 Å². The third kappa shape index (κ3) is 2.31. The van der Waals surface area contributed by atoms with Crippen LogP contribution in [0.2, 0.25) is 0 Å². The molecule has 2 aromatic carbocycles. The van der Waals surface area contributed by atoms with Gasteiger partial charge in [0.05, 0.1) is 18.4 Å². The summed E-state index contributed by atoms with van der Waals surface area (Å²) in [4.78, 5) is 25.9. The number of ether oxygens (including phenoxy) is 1. The fourth-order valence-corrected chi connectivity index (χ4v) is 3.64. The van der Waals surface area contributed by atoms with Crippen molar-refractivity contribution in [3.63, 3.8) is 0 Å². The lowest BCUT2D eigenvalue weighted by Crippen LogP contribution is -2.49. The summed E-state index contributed by atoms with van der Waals surface area (Å²) in [5.41, 5.74) is 2.89. The second-order valence-corrected chi connectivity index (χ2v) is 6.15. The average Bonchev–Trinajstić information content (AvgIpc) is 2.65. The van der Waals surface area contributed by atoms with Gasteiger partial charge in [0.15, 0.2) is 11.5 Å². The molecule has 0 aromatic heterocycles. The van der Waals surface area contributed by atoms with Gasteiger partial charge in [-0.25, -0.2) is 0 Å². The van der Waals surface area contributed by atoms with Crippen LogP contribution >= 0.6 is 0 Å². The van der Waals surface area contributed by atoms with Gasteiger partial charge in [0.25, 0.3) is 5.91 Å². The maximum absolute atomic E-state index is 12.6. The number of nitrogens with zero attached hydrogens (tertiary/aromatic N) is 2. The van der Waals surface area contributed by atoms with Crippen LogP contribution in [0.5, 0.6) is 11.5 Å². The summed E-state index contributed by atoms with van der Waals surface area (Å²) in [6.07, 6.45) is 0.185. The van der Waals surface area contributed by atoms with Crippen LogP contribution in [-0.2, 0) is 0 Å². The molecule has 4 rings (SSSR count).